The van der Waals surface area contributed by atoms with E-state index in [-0.39, 0.29) is 11.9 Å². The number of phenolic OH excluding ortho intramolecular Hbond substituents is 1. The Hall–Kier alpha value is -3.00. The fourth-order valence-electron chi connectivity index (χ4n) is 3.35. The first-order chi connectivity index (χ1) is 12.6. The average Bonchev–Trinajstić information content (AvgIpc) is 2.67. The quantitative estimate of drug-likeness (QED) is 0.615. The van der Waals surface area contributed by atoms with Gasteiger partial charge in [-0.3, -0.25) is 0 Å². The molecule has 3 aromatic rings. The van der Waals surface area contributed by atoms with Gasteiger partial charge in [-0.05, 0) is 40.8 Å². The molecule has 0 amide bonds. The lowest BCUT2D eigenvalue weighted by Crippen LogP contribution is -2.14. The number of rotatable bonds is 3. The number of ether oxygens (including phenoxy) is 1. The van der Waals surface area contributed by atoms with E-state index in [0.29, 0.717) is 11.7 Å². The van der Waals surface area contributed by atoms with Gasteiger partial charge in [0.15, 0.2) is 0 Å². The molecule has 2 nitrogen and oxygen atoms in total. The average molecular weight is 342 g/mol. The van der Waals surface area contributed by atoms with Crippen LogP contribution in [-0.2, 0) is 0 Å². The predicted molar refractivity (Wildman–Crippen MR) is 106 cm³/mol. The molecule has 0 radical (unpaired) electrons. The van der Waals surface area contributed by atoms with Crippen LogP contribution in [0.25, 0.3) is 11.6 Å². The van der Waals surface area contributed by atoms with Crippen molar-refractivity contribution in [2.24, 2.45) is 0 Å². The summed E-state index contributed by atoms with van der Waals surface area (Å²) in [6.07, 6.45) is 1.96. The number of benzene rings is 3. The van der Waals surface area contributed by atoms with Gasteiger partial charge in [0.25, 0.3) is 0 Å². The summed E-state index contributed by atoms with van der Waals surface area (Å²) in [6, 6.07) is 24.2. The normalized spacial score (nSPS) is 16.0. The van der Waals surface area contributed by atoms with Gasteiger partial charge in [0, 0.05) is 17.2 Å². The number of hydrogen-bond donors (Lipinski definition) is 1. The molecule has 0 saturated heterocycles. The molecule has 4 rings (SSSR count). The van der Waals surface area contributed by atoms with E-state index in [2.05, 4.69) is 56.3 Å². The molecule has 0 aromatic heterocycles. The molecule has 1 N–H and O–H groups in total. The highest BCUT2D eigenvalue weighted by Gasteiger charge is 2.26. The summed E-state index contributed by atoms with van der Waals surface area (Å²) >= 11 is 0. The maximum absolute atomic E-state index is 9.82. The van der Waals surface area contributed by atoms with Crippen molar-refractivity contribution in [3.8, 4) is 11.5 Å². The van der Waals surface area contributed by atoms with Crippen LogP contribution in [0.1, 0.15) is 48.1 Å². The molecule has 0 fully saturated rings. The highest BCUT2D eigenvalue weighted by atomic mass is 16.5. The Labute approximate surface area is 154 Å². The molecule has 130 valence electrons. The van der Waals surface area contributed by atoms with Crippen molar-refractivity contribution in [1.82, 2.24) is 0 Å². The zero-order valence-corrected chi connectivity index (χ0v) is 15.0. The van der Waals surface area contributed by atoms with Gasteiger partial charge in [-0.2, -0.15) is 0 Å². The predicted octanol–water partition coefficient (Wildman–Crippen LogP) is 6.19. The van der Waals surface area contributed by atoms with Crippen LogP contribution in [0.2, 0.25) is 0 Å². The van der Waals surface area contributed by atoms with E-state index < -0.39 is 0 Å². The minimum Gasteiger partial charge on any atom is -0.508 e. The summed E-state index contributed by atoms with van der Waals surface area (Å²) in [6.45, 7) is 4.39. The van der Waals surface area contributed by atoms with Gasteiger partial charge >= 0.3 is 0 Å². The van der Waals surface area contributed by atoms with Crippen molar-refractivity contribution in [3.05, 3.63) is 95.1 Å². The van der Waals surface area contributed by atoms with E-state index in [9.17, 15) is 5.11 Å². The third-order valence-electron chi connectivity index (χ3n) is 4.85. The van der Waals surface area contributed by atoms with E-state index in [1.165, 1.54) is 5.56 Å². The summed E-state index contributed by atoms with van der Waals surface area (Å²) < 4.78 is 6.34. The maximum Gasteiger partial charge on any atom is 0.149 e. The monoisotopic (exact) mass is 342 g/mol. The van der Waals surface area contributed by atoms with Gasteiger partial charge in [0.2, 0.25) is 0 Å². The van der Waals surface area contributed by atoms with Gasteiger partial charge in [-0.15, -0.1) is 0 Å². The van der Waals surface area contributed by atoms with E-state index in [4.69, 9.17) is 4.74 Å². The molecule has 1 unspecified atom stereocenters. The Morgan fingerprint density at radius 2 is 1.62 bits per heavy atom. The summed E-state index contributed by atoms with van der Waals surface area (Å²) in [5.41, 5.74) is 5.67. The maximum atomic E-state index is 9.82. The molecule has 3 aromatic carbocycles. The lowest BCUT2D eigenvalue weighted by Gasteiger charge is -2.28. The van der Waals surface area contributed by atoms with Crippen LogP contribution in [0.5, 0.6) is 11.5 Å². The number of phenols is 1. The van der Waals surface area contributed by atoms with Gasteiger partial charge in [0.1, 0.15) is 17.6 Å². The van der Waals surface area contributed by atoms with Crippen molar-refractivity contribution < 1.29 is 9.84 Å². The molecule has 0 bridgehead atoms. The van der Waals surface area contributed by atoms with Crippen molar-refractivity contribution in [2.75, 3.05) is 0 Å². The third kappa shape index (κ3) is 3.11. The van der Waals surface area contributed by atoms with Gasteiger partial charge < -0.3 is 9.84 Å². The van der Waals surface area contributed by atoms with E-state index in [0.717, 1.165) is 22.3 Å². The molecule has 0 spiro atoms. The van der Waals surface area contributed by atoms with Crippen molar-refractivity contribution in [2.45, 2.75) is 25.9 Å². The summed E-state index contributed by atoms with van der Waals surface area (Å²) in [5.74, 6) is 1.43. The van der Waals surface area contributed by atoms with Gasteiger partial charge in [-0.1, -0.05) is 68.4 Å². The first kappa shape index (κ1) is 16.5. The van der Waals surface area contributed by atoms with Gasteiger partial charge in [-0.25, -0.2) is 0 Å². The zero-order valence-electron chi connectivity index (χ0n) is 15.0. The first-order valence-corrected chi connectivity index (χ1v) is 8.98. The Morgan fingerprint density at radius 3 is 2.31 bits per heavy atom. The second kappa shape index (κ2) is 6.72. The first-order valence-electron chi connectivity index (χ1n) is 8.98. The van der Waals surface area contributed by atoms with E-state index in [1.807, 2.05) is 24.3 Å². The Bertz CT molecular complexity index is 938. The van der Waals surface area contributed by atoms with Crippen LogP contribution in [-0.4, -0.2) is 5.11 Å². The second-order valence-corrected chi connectivity index (χ2v) is 7.01. The van der Waals surface area contributed by atoms with Crippen molar-refractivity contribution in [3.63, 3.8) is 0 Å². The topological polar surface area (TPSA) is 29.5 Å². The third-order valence-corrected chi connectivity index (χ3v) is 4.85. The summed E-state index contributed by atoms with van der Waals surface area (Å²) in [4.78, 5) is 0. The number of fused-ring (bicyclic) bond motifs is 1. The molecular weight excluding hydrogens is 320 g/mol. The highest BCUT2D eigenvalue weighted by molar-refractivity contribution is 5.88. The van der Waals surface area contributed by atoms with Crippen LogP contribution in [0.4, 0.5) is 0 Å². The van der Waals surface area contributed by atoms with Crippen LogP contribution in [0.3, 0.4) is 0 Å². The molecule has 1 heterocycles. The van der Waals surface area contributed by atoms with Crippen LogP contribution >= 0.6 is 0 Å². The van der Waals surface area contributed by atoms with Crippen LogP contribution in [0, 0.1) is 0 Å². The fourth-order valence-corrected chi connectivity index (χ4v) is 3.35. The fraction of sp³-hybridized carbons (Fsp3) is 0.167. The Morgan fingerprint density at radius 1 is 0.885 bits per heavy atom. The smallest absolute Gasteiger partial charge is 0.149 e. The second-order valence-electron chi connectivity index (χ2n) is 7.01. The largest absolute Gasteiger partial charge is 0.508 e. The number of hydrogen-bond acceptors (Lipinski definition) is 2. The standard InChI is InChI=1S/C24H22O2/c1-16(2)17-8-10-19(11-9-17)24-22(18-6-4-3-5-7-18)14-20-12-13-21(25)15-23(20)26-24/h3-16,24-25H,1-2H3. The van der Waals surface area contributed by atoms with Gasteiger partial charge in [0.05, 0.1) is 0 Å². The summed E-state index contributed by atoms with van der Waals surface area (Å²) in [5, 5.41) is 9.82. The van der Waals surface area contributed by atoms with E-state index >= 15 is 0 Å². The minimum absolute atomic E-state index is 0.201. The molecule has 2 heteroatoms. The zero-order chi connectivity index (χ0) is 18.1. The Balaban J connectivity index is 1.81. The molecule has 1 aliphatic rings. The lowest BCUT2D eigenvalue weighted by molar-refractivity contribution is 0.260. The van der Waals surface area contributed by atoms with E-state index in [1.54, 1.807) is 12.1 Å². The van der Waals surface area contributed by atoms with Crippen molar-refractivity contribution in [1.29, 1.82) is 0 Å². The highest BCUT2D eigenvalue weighted by Crippen LogP contribution is 2.43. The molecule has 26 heavy (non-hydrogen) atoms. The van der Waals surface area contributed by atoms with Crippen LogP contribution < -0.4 is 4.74 Å². The summed E-state index contributed by atoms with van der Waals surface area (Å²) in [7, 11) is 0. The molecule has 1 aliphatic heterocycles. The van der Waals surface area contributed by atoms with Crippen LogP contribution in [0.15, 0.2) is 72.8 Å². The molecular formula is C24H22O2. The molecule has 1 atom stereocenters. The van der Waals surface area contributed by atoms with Crippen molar-refractivity contribution >= 4 is 11.6 Å². The molecule has 0 aliphatic carbocycles. The SMILES string of the molecule is CC(C)c1ccc(C2Oc3cc(O)ccc3C=C2c2ccccc2)cc1. The Kier molecular flexibility index (Phi) is 4.26. The number of aromatic hydroxyl groups is 1. The lowest BCUT2D eigenvalue weighted by atomic mass is 9.90. The minimum atomic E-state index is -0.201. The molecule has 0 saturated carbocycles.